The van der Waals surface area contributed by atoms with Crippen LogP contribution >= 0.6 is 0 Å². The molecule has 4 heterocycles. The molecule has 6 atom stereocenters. The maximum atomic E-state index is 13.4. The summed E-state index contributed by atoms with van der Waals surface area (Å²) in [5, 5.41) is 17.2. The summed E-state index contributed by atoms with van der Waals surface area (Å²) in [4.78, 5) is 17.6. The van der Waals surface area contributed by atoms with E-state index in [1.54, 1.807) is 6.33 Å². The van der Waals surface area contributed by atoms with Crippen LogP contribution in [0.1, 0.15) is 44.2 Å². The van der Waals surface area contributed by atoms with Gasteiger partial charge in [-0.15, -0.1) is 0 Å². The van der Waals surface area contributed by atoms with Gasteiger partial charge in [0, 0.05) is 41.4 Å². The summed E-state index contributed by atoms with van der Waals surface area (Å²) in [6.45, 7) is 2.68. The number of aromatic nitrogens is 3. The number of nitriles is 1. The van der Waals surface area contributed by atoms with Gasteiger partial charge in [0.2, 0.25) is 0 Å². The molecule has 0 amide bonds. The predicted octanol–water partition coefficient (Wildman–Crippen LogP) is 3.46. The van der Waals surface area contributed by atoms with Crippen molar-refractivity contribution < 1.29 is 4.21 Å². The SMILES string of the molecule is CC1N=CC(C(CC#N)N2CC(c3ncnc4[nH]ccc34)C=N2)CC1[S@@](=O)C1=CC=CCC1. The first-order chi connectivity index (χ1) is 16.2. The number of aliphatic imine (C=N–C) groups is 1. The quantitative estimate of drug-likeness (QED) is 0.708. The number of H-pyrrole nitrogens is 1. The van der Waals surface area contributed by atoms with E-state index >= 15 is 0 Å². The average molecular weight is 462 g/mol. The van der Waals surface area contributed by atoms with Crippen LogP contribution in [0.5, 0.6) is 0 Å². The Bertz CT molecular complexity index is 1210. The Morgan fingerprint density at radius 2 is 2.27 bits per heavy atom. The van der Waals surface area contributed by atoms with E-state index in [0.29, 0.717) is 13.0 Å². The van der Waals surface area contributed by atoms with Crippen LogP contribution in [-0.4, -0.2) is 60.5 Å². The van der Waals surface area contributed by atoms with Crippen molar-refractivity contribution in [2.75, 3.05) is 6.54 Å². The fourth-order valence-electron chi connectivity index (χ4n) is 4.93. The summed E-state index contributed by atoms with van der Waals surface area (Å²) in [6.07, 6.45) is 16.3. The molecule has 0 spiro atoms. The second kappa shape index (κ2) is 9.40. The van der Waals surface area contributed by atoms with Crippen molar-refractivity contribution in [2.24, 2.45) is 16.0 Å². The second-order valence-electron chi connectivity index (χ2n) is 8.80. The third-order valence-corrected chi connectivity index (χ3v) is 8.75. The molecule has 8 nitrogen and oxygen atoms in total. The molecule has 170 valence electrons. The number of rotatable bonds is 6. The fraction of sp³-hybridized carbons (Fsp3) is 0.458. The van der Waals surface area contributed by atoms with Crippen molar-refractivity contribution in [1.82, 2.24) is 20.0 Å². The second-order valence-corrected chi connectivity index (χ2v) is 10.5. The molecule has 9 heteroatoms. The lowest BCUT2D eigenvalue weighted by molar-refractivity contribution is 0.181. The summed E-state index contributed by atoms with van der Waals surface area (Å²) in [7, 11) is -1.08. The van der Waals surface area contributed by atoms with Gasteiger partial charge in [-0.3, -0.25) is 14.2 Å². The van der Waals surface area contributed by atoms with Gasteiger partial charge in [0.1, 0.15) is 12.0 Å². The molecule has 0 saturated heterocycles. The maximum Gasteiger partial charge on any atom is 0.140 e. The molecule has 1 N–H and O–H groups in total. The van der Waals surface area contributed by atoms with E-state index in [-0.39, 0.29) is 29.2 Å². The highest BCUT2D eigenvalue weighted by molar-refractivity contribution is 7.89. The molecule has 33 heavy (non-hydrogen) atoms. The first-order valence-electron chi connectivity index (χ1n) is 11.4. The summed E-state index contributed by atoms with van der Waals surface area (Å²) in [5.41, 5.74) is 1.75. The Labute approximate surface area is 195 Å². The highest BCUT2D eigenvalue weighted by Crippen LogP contribution is 2.33. The zero-order valence-electron chi connectivity index (χ0n) is 18.5. The highest BCUT2D eigenvalue weighted by Gasteiger charge is 2.38. The summed E-state index contributed by atoms with van der Waals surface area (Å²) < 4.78 is 13.4. The maximum absolute atomic E-state index is 13.4. The normalized spacial score (nSPS) is 28.6. The molecule has 2 aromatic rings. The Hall–Kier alpha value is -3.12. The third kappa shape index (κ3) is 4.27. The molecule has 5 rings (SSSR count). The van der Waals surface area contributed by atoms with Gasteiger partial charge in [-0.25, -0.2) is 9.97 Å². The number of fused-ring (bicyclic) bond motifs is 1. The topological polar surface area (TPSA) is 110 Å². The lowest BCUT2D eigenvalue weighted by Gasteiger charge is -2.36. The van der Waals surface area contributed by atoms with Crippen LogP contribution in [0.4, 0.5) is 0 Å². The Morgan fingerprint density at radius 1 is 1.36 bits per heavy atom. The van der Waals surface area contributed by atoms with Crippen molar-refractivity contribution in [3.8, 4) is 6.07 Å². The van der Waals surface area contributed by atoms with Crippen molar-refractivity contribution in [2.45, 2.75) is 55.9 Å². The number of aromatic amines is 1. The molecular formula is C24H27N7OS. The van der Waals surface area contributed by atoms with Gasteiger partial charge in [0.05, 0.1) is 52.2 Å². The summed E-state index contributed by atoms with van der Waals surface area (Å²) >= 11 is 0. The van der Waals surface area contributed by atoms with Crippen LogP contribution in [-0.2, 0) is 10.8 Å². The van der Waals surface area contributed by atoms with Gasteiger partial charge in [-0.2, -0.15) is 10.4 Å². The van der Waals surface area contributed by atoms with Gasteiger partial charge >= 0.3 is 0 Å². The van der Waals surface area contributed by atoms with Crippen molar-refractivity contribution in [3.05, 3.63) is 47.4 Å². The number of hydrazone groups is 1. The molecule has 2 aliphatic heterocycles. The Morgan fingerprint density at radius 3 is 3.09 bits per heavy atom. The van der Waals surface area contributed by atoms with Crippen LogP contribution in [0.3, 0.4) is 0 Å². The standard InChI is InChI=1S/C24H27N7OS/c1-16-22(33(32)19-5-3-2-4-6-19)11-17(12-27-16)21(7-9-25)31-14-18(13-30-31)23-20-8-10-26-24(20)29-15-28-23/h2-3,5,8,10,12-13,15-18,21-22H,4,6-7,11,14H2,1H3,(H,26,28,29)/t16?,17?,18?,21?,22?,33-/m0/s1. The van der Waals surface area contributed by atoms with E-state index in [2.05, 4.69) is 32.2 Å². The Balaban J connectivity index is 1.34. The fourth-order valence-corrected chi connectivity index (χ4v) is 6.68. The van der Waals surface area contributed by atoms with Crippen LogP contribution < -0.4 is 0 Å². The van der Waals surface area contributed by atoms with Crippen molar-refractivity contribution >= 4 is 34.3 Å². The molecule has 0 radical (unpaired) electrons. The van der Waals surface area contributed by atoms with Crippen molar-refractivity contribution in [1.29, 1.82) is 5.26 Å². The highest BCUT2D eigenvalue weighted by atomic mass is 32.2. The van der Waals surface area contributed by atoms with Crippen molar-refractivity contribution in [3.63, 3.8) is 0 Å². The van der Waals surface area contributed by atoms with E-state index in [0.717, 1.165) is 40.9 Å². The first kappa shape index (κ1) is 21.7. The van der Waals surface area contributed by atoms with E-state index in [1.165, 1.54) is 0 Å². The van der Waals surface area contributed by atoms with E-state index in [1.807, 2.05) is 48.8 Å². The smallest absolute Gasteiger partial charge is 0.140 e. The third-order valence-electron chi connectivity index (χ3n) is 6.76. The monoisotopic (exact) mass is 461 g/mol. The Kier molecular flexibility index (Phi) is 6.18. The van der Waals surface area contributed by atoms with Gasteiger partial charge in [0.25, 0.3) is 0 Å². The minimum atomic E-state index is -1.08. The summed E-state index contributed by atoms with van der Waals surface area (Å²) in [5.74, 6) is 0.0409. The largest absolute Gasteiger partial charge is 0.346 e. The number of nitrogens with zero attached hydrogens (tertiary/aromatic N) is 6. The van der Waals surface area contributed by atoms with E-state index in [9.17, 15) is 9.47 Å². The molecule has 0 fully saturated rings. The number of hydrogen-bond acceptors (Lipinski definition) is 7. The summed E-state index contributed by atoms with van der Waals surface area (Å²) in [6, 6.07) is 4.20. The van der Waals surface area contributed by atoms with Gasteiger partial charge in [-0.1, -0.05) is 18.2 Å². The van der Waals surface area contributed by atoms with Crippen LogP contribution in [0.15, 0.2) is 51.8 Å². The lowest BCUT2D eigenvalue weighted by Crippen LogP contribution is -2.44. The molecule has 0 aromatic carbocycles. The average Bonchev–Trinajstić information content (AvgIpc) is 3.53. The number of nitrogens with one attached hydrogen (secondary N) is 1. The molecular weight excluding hydrogens is 434 g/mol. The molecule has 0 saturated carbocycles. The molecule has 0 bridgehead atoms. The predicted molar refractivity (Wildman–Crippen MR) is 130 cm³/mol. The minimum Gasteiger partial charge on any atom is -0.346 e. The van der Waals surface area contributed by atoms with Gasteiger partial charge in [0.15, 0.2) is 0 Å². The van der Waals surface area contributed by atoms with Crippen LogP contribution in [0, 0.1) is 17.2 Å². The minimum absolute atomic E-state index is 0.00523. The van der Waals surface area contributed by atoms with Crippen LogP contribution in [0.2, 0.25) is 0 Å². The van der Waals surface area contributed by atoms with E-state index < -0.39 is 10.8 Å². The zero-order valence-corrected chi connectivity index (χ0v) is 19.4. The lowest BCUT2D eigenvalue weighted by atomic mass is 9.89. The first-order valence-corrected chi connectivity index (χ1v) is 12.6. The van der Waals surface area contributed by atoms with E-state index in [4.69, 9.17) is 4.99 Å². The molecule has 5 unspecified atom stereocenters. The van der Waals surface area contributed by atoms with Gasteiger partial charge < -0.3 is 4.98 Å². The number of allylic oxidation sites excluding steroid dienone is 4. The molecule has 3 aliphatic rings. The molecule has 2 aromatic heterocycles. The molecule has 1 aliphatic carbocycles. The number of hydrogen-bond donors (Lipinski definition) is 1. The zero-order chi connectivity index (χ0) is 22.8. The van der Waals surface area contributed by atoms with Crippen LogP contribution in [0.25, 0.3) is 11.0 Å². The van der Waals surface area contributed by atoms with Gasteiger partial charge in [-0.05, 0) is 32.3 Å².